The molecule has 3 heteroatoms. The number of aryl methyl sites for hydroxylation is 1. The van der Waals surface area contributed by atoms with Crippen LogP contribution in [-0.2, 0) is 0 Å². The van der Waals surface area contributed by atoms with E-state index in [1.54, 1.807) is 6.20 Å². The molecule has 0 unspecified atom stereocenters. The van der Waals surface area contributed by atoms with E-state index in [2.05, 4.69) is 4.98 Å². The average Bonchev–Trinajstić information content (AvgIpc) is 2.57. The Hall–Kier alpha value is -2.81. The average molecular weight is 291 g/mol. The van der Waals surface area contributed by atoms with E-state index in [9.17, 15) is 0 Å². The van der Waals surface area contributed by atoms with Crippen LogP contribution in [0.5, 0.6) is 11.5 Å². The number of hydrogen-bond donors (Lipinski definition) is 0. The second-order valence-corrected chi connectivity index (χ2v) is 4.90. The first kappa shape index (κ1) is 14.1. The fourth-order valence-corrected chi connectivity index (χ4v) is 2.13. The van der Waals surface area contributed by atoms with Gasteiger partial charge in [0.05, 0.1) is 0 Å². The number of hydrogen-bond acceptors (Lipinski definition) is 3. The summed E-state index contributed by atoms with van der Waals surface area (Å²) in [6, 6.07) is 23.1. The summed E-state index contributed by atoms with van der Waals surface area (Å²) < 4.78 is 12.0. The van der Waals surface area contributed by atoms with Gasteiger partial charge in [-0.3, -0.25) is 4.98 Å². The van der Waals surface area contributed by atoms with Gasteiger partial charge in [-0.15, -0.1) is 0 Å². The Morgan fingerprint density at radius 3 is 1.77 bits per heavy atom. The molecule has 0 aliphatic carbocycles. The van der Waals surface area contributed by atoms with Crippen molar-refractivity contribution in [2.75, 3.05) is 0 Å². The number of rotatable bonds is 5. The molecule has 0 aliphatic heterocycles. The highest BCUT2D eigenvalue weighted by atomic mass is 16.7. The molecule has 0 atom stereocenters. The van der Waals surface area contributed by atoms with Crippen molar-refractivity contribution in [3.05, 3.63) is 90.3 Å². The molecule has 1 heterocycles. The first-order chi connectivity index (χ1) is 10.8. The van der Waals surface area contributed by atoms with E-state index >= 15 is 0 Å². The summed E-state index contributed by atoms with van der Waals surface area (Å²) >= 11 is 0. The van der Waals surface area contributed by atoms with Gasteiger partial charge in [-0.1, -0.05) is 42.5 Å². The van der Waals surface area contributed by atoms with Crippen LogP contribution in [0, 0.1) is 6.92 Å². The van der Waals surface area contributed by atoms with Crippen LogP contribution in [0.1, 0.15) is 17.5 Å². The van der Waals surface area contributed by atoms with E-state index in [0.29, 0.717) is 0 Å². The number of para-hydroxylation sites is 2. The normalized spacial score (nSPS) is 10.5. The minimum absolute atomic E-state index is 0.592. The molecule has 0 N–H and O–H groups in total. The Kier molecular flexibility index (Phi) is 4.35. The molecule has 22 heavy (non-hydrogen) atoms. The van der Waals surface area contributed by atoms with Gasteiger partial charge in [0.2, 0.25) is 0 Å². The third-order valence-electron chi connectivity index (χ3n) is 3.25. The largest absolute Gasteiger partial charge is 0.449 e. The van der Waals surface area contributed by atoms with Crippen molar-refractivity contribution in [2.45, 2.75) is 13.2 Å². The summed E-state index contributed by atoms with van der Waals surface area (Å²) in [4.78, 5) is 4.42. The number of aromatic nitrogens is 1. The highest BCUT2D eigenvalue weighted by Crippen LogP contribution is 2.26. The van der Waals surface area contributed by atoms with E-state index in [1.807, 2.05) is 79.7 Å². The van der Waals surface area contributed by atoms with Gasteiger partial charge >= 0.3 is 0 Å². The molecule has 0 saturated carbocycles. The molecule has 3 rings (SSSR count). The summed E-state index contributed by atoms with van der Waals surface area (Å²) in [6.07, 6.45) is 1.16. The molecule has 1 aromatic heterocycles. The van der Waals surface area contributed by atoms with Crippen LogP contribution in [0.4, 0.5) is 0 Å². The van der Waals surface area contributed by atoms with Gasteiger partial charge in [0.15, 0.2) is 0 Å². The third kappa shape index (κ3) is 3.44. The molecule has 0 bridgehead atoms. The predicted octanol–water partition coefficient (Wildman–Crippen LogP) is 4.55. The zero-order chi connectivity index (χ0) is 15.2. The molecule has 0 spiro atoms. The number of ether oxygens (including phenoxy) is 2. The maximum Gasteiger partial charge on any atom is 0.284 e. The van der Waals surface area contributed by atoms with Crippen LogP contribution < -0.4 is 9.47 Å². The standard InChI is InChI=1S/C19H17NO2/c1-15-9-8-14-20-18(15)19(21-16-10-4-2-5-11-16)22-17-12-6-3-7-13-17/h2-14,19H,1H3. The minimum Gasteiger partial charge on any atom is -0.449 e. The molecule has 3 aromatic rings. The molecular formula is C19H17NO2. The lowest BCUT2D eigenvalue weighted by Crippen LogP contribution is -2.17. The monoisotopic (exact) mass is 291 g/mol. The Bertz CT molecular complexity index is 672. The number of nitrogens with zero attached hydrogens (tertiary/aromatic N) is 1. The Morgan fingerprint density at radius 2 is 1.27 bits per heavy atom. The second kappa shape index (κ2) is 6.76. The zero-order valence-corrected chi connectivity index (χ0v) is 12.3. The number of benzene rings is 2. The lowest BCUT2D eigenvalue weighted by molar-refractivity contribution is -0.000182. The Morgan fingerprint density at radius 1 is 0.727 bits per heavy atom. The summed E-state index contributed by atoms with van der Waals surface area (Å²) in [6.45, 7) is 2.00. The van der Waals surface area contributed by atoms with Crippen LogP contribution >= 0.6 is 0 Å². The van der Waals surface area contributed by atoms with Gasteiger partial charge in [-0.2, -0.15) is 0 Å². The third-order valence-corrected chi connectivity index (χ3v) is 3.25. The SMILES string of the molecule is Cc1cccnc1C(Oc1ccccc1)Oc1ccccc1. The van der Waals surface area contributed by atoms with Crippen molar-refractivity contribution in [1.29, 1.82) is 0 Å². The summed E-state index contributed by atoms with van der Waals surface area (Å²) in [5.74, 6) is 1.49. The van der Waals surface area contributed by atoms with Gasteiger partial charge < -0.3 is 9.47 Å². The van der Waals surface area contributed by atoms with Gasteiger partial charge in [0.25, 0.3) is 6.29 Å². The van der Waals surface area contributed by atoms with Crippen LogP contribution in [0.3, 0.4) is 0 Å². The smallest absolute Gasteiger partial charge is 0.284 e. The van der Waals surface area contributed by atoms with Gasteiger partial charge in [-0.25, -0.2) is 0 Å². The van der Waals surface area contributed by atoms with Crippen molar-refractivity contribution in [3.63, 3.8) is 0 Å². The van der Waals surface area contributed by atoms with Gasteiger partial charge in [0.1, 0.15) is 17.2 Å². The molecule has 110 valence electrons. The fraction of sp³-hybridized carbons (Fsp3) is 0.105. The minimum atomic E-state index is -0.592. The molecule has 0 radical (unpaired) electrons. The number of pyridine rings is 1. The first-order valence-electron chi connectivity index (χ1n) is 7.18. The molecule has 3 nitrogen and oxygen atoms in total. The second-order valence-electron chi connectivity index (χ2n) is 4.90. The summed E-state index contributed by atoms with van der Waals surface area (Å²) in [5.41, 5.74) is 1.80. The van der Waals surface area contributed by atoms with Crippen molar-refractivity contribution >= 4 is 0 Å². The van der Waals surface area contributed by atoms with E-state index in [-0.39, 0.29) is 0 Å². The predicted molar refractivity (Wildman–Crippen MR) is 85.9 cm³/mol. The quantitative estimate of drug-likeness (QED) is 0.646. The van der Waals surface area contributed by atoms with E-state index in [4.69, 9.17) is 9.47 Å². The maximum atomic E-state index is 6.00. The molecule has 0 amide bonds. The van der Waals surface area contributed by atoms with Crippen LogP contribution in [0.2, 0.25) is 0 Å². The highest BCUT2D eigenvalue weighted by Gasteiger charge is 2.19. The van der Waals surface area contributed by atoms with Gasteiger partial charge in [-0.05, 0) is 42.8 Å². The maximum absolute atomic E-state index is 6.00. The fourth-order valence-electron chi connectivity index (χ4n) is 2.13. The lowest BCUT2D eigenvalue weighted by atomic mass is 10.2. The zero-order valence-electron chi connectivity index (χ0n) is 12.3. The van der Waals surface area contributed by atoms with Crippen molar-refractivity contribution in [3.8, 4) is 11.5 Å². The van der Waals surface area contributed by atoms with Crippen LogP contribution in [0.15, 0.2) is 79.0 Å². The molecule has 0 fully saturated rings. The van der Waals surface area contributed by atoms with Crippen molar-refractivity contribution < 1.29 is 9.47 Å². The van der Waals surface area contributed by atoms with Crippen molar-refractivity contribution in [1.82, 2.24) is 4.98 Å². The lowest BCUT2D eigenvalue weighted by Gasteiger charge is -2.21. The van der Waals surface area contributed by atoms with Crippen molar-refractivity contribution in [2.24, 2.45) is 0 Å². The van der Waals surface area contributed by atoms with E-state index in [1.165, 1.54) is 0 Å². The van der Waals surface area contributed by atoms with E-state index in [0.717, 1.165) is 22.8 Å². The summed E-state index contributed by atoms with van der Waals surface area (Å²) in [7, 11) is 0. The summed E-state index contributed by atoms with van der Waals surface area (Å²) in [5, 5.41) is 0. The Balaban J connectivity index is 1.90. The molecular weight excluding hydrogens is 274 g/mol. The topological polar surface area (TPSA) is 31.4 Å². The molecule has 0 saturated heterocycles. The first-order valence-corrected chi connectivity index (χ1v) is 7.18. The van der Waals surface area contributed by atoms with Gasteiger partial charge in [0, 0.05) is 6.20 Å². The molecule has 2 aromatic carbocycles. The van der Waals surface area contributed by atoms with Crippen LogP contribution in [0.25, 0.3) is 0 Å². The molecule has 0 aliphatic rings. The van der Waals surface area contributed by atoms with E-state index < -0.39 is 6.29 Å². The highest BCUT2D eigenvalue weighted by molar-refractivity contribution is 5.27. The van der Waals surface area contributed by atoms with Crippen LogP contribution in [-0.4, -0.2) is 4.98 Å². The Labute approximate surface area is 130 Å².